The lowest BCUT2D eigenvalue weighted by molar-refractivity contribution is -0.119. The van der Waals surface area contributed by atoms with E-state index in [1.54, 1.807) is 12.1 Å². The molecule has 0 aliphatic carbocycles. The largest absolute Gasteiger partial charge is 0.372 e. The molecule has 0 aliphatic heterocycles. The molecule has 1 amide bonds. The lowest BCUT2D eigenvalue weighted by Gasteiger charge is -2.22. The molecule has 0 heterocycles. The van der Waals surface area contributed by atoms with Crippen molar-refractivity contribution in [2.24, 2.45) is 5.10 Å². The summed E-state index contributed by atoms with van der Waals surface area (Å²) in [5, 5.41) is 3.96. The van der Waals surface area contributed by atoms with Crippen LogP contribution in [-0.4, -0.2) is 46.4 Å². The number of carbonyl (C=O) groups is 1. The molecule has 0 aliphatic rings. The van der Waals surface area contributed by atoms with E-state index in [0.29, 0.717) is 5.69 Å². The lowest BCUT2D eigenvalue weighted by Crippen LogP contribution is -2.39. The van der Waals surface area contributed by atoms with E-state index in [1.165, 1.54) is 6.21 Å². The van der Waals surface area contributed by atoms with Crippen LogP contribution in [0.25, 0.3) is 0 Å². The average Bonchev–Trinajstić information content (AvgIpc) is 2.69. The molecule has 162 valence electrons. The highest BCUT2D eigenvalue weighted by molar-refractivity contribution is 7.92. The number of carbonyl (C=O) groups excluding carboxylic acids is 1. The zero-order valence-corrected chi connectivity index (χ0v) is 19.0. The van der Waals surface area contributed by atoms with E-state index in [9.17, 15) is 13.2 Å². The van der Waals surface area contributed by atoms with Gasteiger partial charge in [-0.3, -0.25) is 9.10 Å². The fourth-order valence-electron chi connectivity index (χ4n) is 2.99. The molecule has 8 heteroatoms. The summed E-state index contributed by atoms with van der Waals surface area (Å²) in [5.74, 6) is -0.519. The molecule has 0 unspecified atom stereocenters. The number of hydrogen-bond acceptors (Lipinski definition) is 5. The summed E-state index contributed by atoms with van der Waals surface area (Å²) in [6.45, 7) is 9.56. The first kappa shape index (κ1) is 23.4. The quantitative estimate of drug-likeness (QED) is 0.490. The summed E-state index contributed by atoms with van der Waals surface area (Å²) in [5.41, 5.74) is 6.81. The maximum absolute atomic E-state index is 12.3. The first-order chi connectivity index (χ1) is 14.2. The van der Waals surface area contributed by atoms with Crippen molar-refractivity contribution in [2.45, 2.75) is 27.7 Å². The zero-order valence-electron chi connectivity index (χ0n) is 18.2. The van der Waals surface area contributed by atoms with Gasteiger partial charge in [0.05, 0.1) is 18.2 Å². The predicted octanol–water partition coefficient (Wildman–Crippen LogP) is 3.07. The monoisotopic (exact) mass is 430 g/mol. The summed E-state index contributed by atoms with van der Waals surface area (Å²) in [6.07, 6.45) is 2.61. The first-order valence-electron chi connectivity index (χ1n) is 9.87. The fraction of sp³-hybridized carbons (Fsp3) is 0.364. The Morgan fingerprint density at radius 2 is 1.60 bits per heavy atom. The maximum Gasteiger partial charge on any atom is 0.260 e. The smallest absolute Gasteiger partial charge is 0.260 e. The third-order valence-electron chi connectivity index (χ3n) is 4.89. The minimum atomic E-state index is -3.62. The Morgan fingerprint density at radius 3 is 2.13 bits per heavy atom. The molecule has 0 atom stereocenters. The van der Waals surface area contributed by atoms with Gasteiger partial charge in [-0.05, 0) is 68.7 Å². The Morgan fingerprint density at radius 1 is 1.00 bits per heavy atom. The Hall–Kier alpha value is -2.87. The third kappa shape index (κ3) is 6.32. The highest BCUT2D eigenvalue weighted by atomic mass is 32.2. The number of hydrazone groups is 1. The molecule has 0 saturated carbocycles. The van der Waals surface area contributed by atoms with E-state index >= 15 is 0 Å². The molecule has 7 nitrogen and oxygen atoms in total. The number of aryl methyl sites for hydroxylation is 2. The van der Waals surface area contributed by atoms with E-state index in [0.717, 1.165) is 46.0 Å². The molecular weight excluding hydrogens is 400 g/mol. The summed E-state index contributed by atoms with van der Waals surface area (Å²) in [6, 6.07) is 13.1. The molecule has 0 aromatic heterocycles. The fourth-order valence-corrected chi connectivity index (χ4v) is 3.83. The standard InChI is InChI=1S/C22H30N4O3S/c1-6-25(7-2)20-12-9-19(10-13-20)15-23-24-22(27)16-26(30(5,28)29)21-11-8-17(3)18(4)14-21/h8-15H,6-7,16H2,1-5H3,(H,24,27)/b23-15-. The molecule has 2 rings (SSSR count). The van der Waals surface area contributed by atoms with Gasteiger partial charge in [-0.1, -0.05) is 18.2 Å². The van der Waals surface area contributed by atoms with Crippen molar-refractivity contribution in [3.63, 3.8) is 0 Å². The van der Waals surface area contributed by atoms with Gasteiger partial charge in [0.1, 0.15) is 6.54 Å². The molecule has 30 heavy (non-hydrogen) atoms. The Kier molecular flexibility index (Phi) is 8.00. The van der Waals surface area contributed by atoms with Gasteiger partial charge in [0.2, 0.25) is 10.0 Å². The summed E-state index contributed by atoms with van der Waals surface area (Å²) in [7, 11) is -3.62. The van der Waals surface area contributed by atoms with Crippen LogP contribution in [0.5, 0.6) is 0 Å². The van der Waals surface area contributed by atoms with Crippen LogP contribution in [0.15, 0.2) is 47.6 Å². The molecule has 0 fully saturated rings. The van der Waals surface area contributed by atoms with Gasteiger partial charge in [-0.15, -0.1) is 0 Å². The Labute approximate surface area is 179 Å². The molecule has 0 radical (unpaired) electrons. The number of hydrogen-bond donors (Lipinski definition) is 1. The summed E-state index contributed by atoms with van der Waals surface area (Å²) < 4.78 is 25.5. The van der Waals surface area contributed by atoms with Crippen molar-refractivity contribution in [1.82, 2.24) is 5.43 Å². The van der Waals surface area contributed by atoms with Gasteiger partial charge in [0.15, 0.2) is 0 Å². The second-order valence-corrected chi connectivity index (χ2v) is 9.00. The average molecular weight is 431 g/mol. The van der Waals surface area contributed by atoms with E-state index in [2.05, 4.69) is 29.3 Å². The van der Waals surface area contributed by atoms with Crippen LogP contribution in [0.3, 0.4) is 0 Å². The Balaban J connectivity index is 2.04. The highest BCUT2D eigenvalue weighted by Gasteiger charge is 2.21. The number of rotatable bonds is 9. The topological polar surface area (TPSA) is 82.1 Å². The maximum atomic E-state index is 12.3. The molecule has 0 spiro atoms. The van der Waals surface area contributed by atoms with Gasteiger partial charge in [0, 0.05) is 18.8 Å². The number of anilines is 2. The molecule has 0 saturated heterocycles. The SMILES string of the molecule is CCN(CC)c1ccc(/C=N\NC(=O)CN(c2ccc(C)c(C)c2)S(C)(=O)=O)cc1. The van der Waals surface area contributed by atoms with Crippen LogP contribution < -0.4 is 14.6 Å². The van der Waals surface area contributed by atoms with Gasteiger partial charge >= 0.3 is 0 Å². The van der Waals surface area contributed by atoms with Gasteiger partial charge in [-0.2, -0.15) is 5.10 Å². The van der Waals surface area contributed by atoms with E-state index in [1.807, 2.05) is 44.2 Å². The number of amides is 1. The number of benzene rings is 2. The van der Waals surface area contributed by atoms with E-state index in [4.69, 9.17) is 0 Å². The minimum absolute atomic E-state index is 0.348. The minimum Gasteiger partial charge on any atom is -0.372 e. The molecular formula is C22H30N4O3S. The van der Waals surface area contributed by atoms with Crippen molar-refractivity contribution in [3.8, 4) is 0 Å². The normalized spacial score (nSPS) is 11.5. The molecule has 0 bridgehead atoms. The predicted molar refractivity (Wildman–Crippen MR) is 124 cm³/mol. The van der Waals surface area contributed by atoms with Gasteiger partial charge < -0.3 is 4.90 Å². The third-order valence-corrected chi connectivity index (χ3v) is 6.03. The van der Waals surface area contributed by atoms with Crippen molar-refractivity contribution >= 4 is 33.5 Å². The van der Waals surface area contributed by atoms with Crippen molar-refractivity contribution < 1.29 is 13.2 Å². The van der Waals surface area contributed by atoms with Crippen LogP contribution in [0.1, 0.15) is 30.5 Å². The van der Waals surface area contributed by atoms with Crippen molar-refractivity contribution in [2.75, 3.05) is 35.1 Å². The zero-order chi connectivity index (χ0) is 22.3. The summed E-state index contributed by atoms with van der Waals surface area (Å²) >= 11 is 0. The number of sulfonamides is 1. The van der Waals surface area contributed by atoms with Crippen LogP contribution in [0.2, 0.25) is 0 Å². The van der Waals surface area contributed by atoms with Crippen molar-refractivity contribution in [3.05, 3.63) is 59.2 Å². The van der Waals surface area contributed by atoms with Crippen LogP contribution in [-0.2, 0) is 14.8 Å². The van der Waals surface area contributed by atoms with Crippen LogP contribution in [0.4, 0.5) is 11.4 Å². The van der Waals surface area contributed by atoms with Crippen LogP contribution in [0, 0.1) is 13.8 Å². The number of nitrogens with one attached hydrogen (secondary N) is 1. The summed E-state index contributed by atoms with van der Waals surface area (Å²) in [4.78, 5) is 14.5. The van der Waals surface area contributed by atoms with Crippen LogP contribution >= 0.6 is 0 Å². The molecule has 2 aromatic rings. The number of nitrogens with zero attached hydrogens (tertiary/aromatic N) is 3. The van der Waals surface area contributed by atoms with E-state index in [-0.39, 0.29) is 6.54 Å². The van der Waals surface area contributed by atoms with Gasteiger partial charge in [-0.25, -0.2) is 13.8 Å². The lowest BCUT2D eigenvalue weighted by atomic mass is 10.1. The first-order valence-corrected chi connectivity index (χ1v) is 11.7. The second-order valence-electron chi connectivity index (χ2n) is 7.10. The highest BCUT2D eigenvalue weighted by Crippen LogP contribution is 2.21. The van der Waals surface area contributed by atoms with E-state index < -0.39 is 15.9 Å². The molecule has 2 aromatic carbocycles. The molecule has 1 N–H and O–H groups in total. The van der Waals surface area contributed by atoms with Gasteiger partial charge in [0.25, 0.3) is 5.91 Å². The van der Waals surface area contributed by atoms with Crippen molar-refractivity contribution in [1.29, 1.82) is 0 Å². The second kappa shape index (κ2) is 10.2. The Bertz CT molecular complexity index is 998.